The summed E-state index contributed by atoms with van der Waals surface area (Å²) in [7, 11) is -3.67. The fraction of sp³-hybridized carbons (Fsp3) is 0.0476. The minimum Gasteiger partial charge on any atom is -0.384 e. The Kier molecular flexibility index (Phi) is 5.37. The van der Waals surface area contributed by atoms with Gasteiger partial charge in [-0.3, -0.25) is 4.72 Å². The molecule has 3 aromatic rings. The lowest BCUT2D eigenvalue weighted by atomic mass is 10.1. The van der Waals surface area contributed by atoms with E-state index in [-0.39, 0.29) is 11.5 Å². The van der Waals surface area contributed by atoms with Gasteiger partial charge in [0.1, 0.15) is 6.61 Å². The Morgan fingerprint density at radius 2 is 1.42 bits per heavy atom. The highest BCUT2D eigenvalue weighted by Crippen LogP contribution is 2.22. The third kappa shape index (κ3) is 4.31. The number of aliphatic hydroxyl groups is 1. The van der Waals surface area contributed by atoms with Gasteiger partial charge in [-0.15, -0.1) is 0 Å². The molecule has 0 fully saturated rings. The van der Waals surface area contributed by atoms with Crippen molar-refractivity contribution in [2.45, 2.75) is 4.90 Å². The third-order valence-corrected chi connectivity index (χ3v) is 5.12. The molecule has 0 amide bonds. The van der Waals surface area contributed by atoms with Crippen molar-refractivity contribution in [3.8, 4) is 23.0 Å². The molecule has 4 nitrogen and oxygen atoms in total. The summed E-state index contributed by atoms with van der Waals surface area (Å²) in [4.78, 5) is 0.196. The van der Waals surface area contributed by atoms with Crippen molar-refractivity contribution in [3.63, 3.8) is 0 Å². The zero-order chi connectivity index (χ0) is 18.4. The summed E-state index contributed by atoms with van der Waals surface area (Å²) in [6, 6.07) is 23.2. The van der Waals surface area contributed by atoms with E-state index in [9.17, 15) is 8.42 Å². The van der Waals surface area contributed by atoms with Gasteiger partial charge in [0, 0.05) is 11.3 Å². The summed E-state index contributed by atoms with van der Waals surface area (Å²) in [6.45, 7) is -0.215. The van der Waals surface area contributed by atoms with Crippen LogP contribution in [0.2, 0.25) is 0 Å². The molecule has 0 unspecified atom stereocenters. The van der Waals surface area contributed by atoms with E-state index in [0.717, 1.165) is 11.1 Å². The maximum atomic E-state index is 12.5. The Morgan fingerprint density at radius 1 is 0.808 bits per heavy atom. The van der Waals surface area contributed by atoms with Gasteiger partial charge < -0.3 is 5.11 Å². The number of nitrogens with one attached hydrogen (secondary N) is 1. The molecular formula is C21H17NO3S. The normalized spacial score (nSPS) is 10.7. The molecule has 0 aromatic heterocycles. The minimum absolute atomic E-state index is 0.196. The number of hydrogen-bond donors (Lipinski definition) is 2. The summed E-state index contributed by atoms with van der Waals surface area (Å²) in [6.07, 6.45) is 0. The fourth-order valence-electron chi connectivity index (χ4n) is 2.43. The van der Waals surface area contributed by atoms with E-state index >= 15 is 0 Å². The topological polar surface area (TPSA) is 66.4 Å². The third-order valence-electron chi connectivity index (χ3n) is 3.72. The second-order valence-corrected chi connectivity index (χ2v) is 7.22. The zero-order valence-corrected chi connectivity index (χ0v) is 14.7. The number of sulfonamides is 1. The van der Waals surface area contributed by atoms with Crippen LogP contribution in [0.25, 0.3) is 11.1 Å². The summed E-state index contributed by atoms with van der Waals surface area (Å²) < 4.78 is 27.6. The summed E-state index contributed by atoms with van der Waals surface area (Å²) in [5.41, 5.74) is 3.14. The second kappa shape index (κ2) is 7.87. The average molecular weight is 363 g/mol. The number of rotatable bonds is 4. The Hall–Kier alpha value is -3.07. The van der Waals surface area contributed by atoms with Gasteiger partial charge in [-0.2, -0.15) is 0 Å². The lowest BCUT2D eigenvalue weighted by Crippen LogP contribution is -2.12. The predicted octanol–water partition coefficient (Wildman–Crippen LogP) is 3.50. The van der Waals surface area contributed by atoms with E-state index in [4.69, 9.17) is 5.11 Å². The van der Waals surface area contributed by atoms with Crippen molar-refractivity contribution >= 4 is 15.7 Å². The molecule has 0 saturated heterocycles. The molecule has 3 rings (SSSR count). The SMILES string of the molecule is O=S(=O)(Nc1ccc(C#CCO)cc1)c1ccc(-c2ccccc2)cc1. The standard InChI is InChI=1S/C21H17NO3S/c23-16-4-5-17-8-12-20(13-9-17)22-26(24,25)21-14-10-19(11-15-21)18-6-2-1-3-7-18/h1-3,6-15,22-23H,16H2. The van der Waals surface area contributed by atoms with E-state index < -0.39 is 10.0 Å². The van der Waals surface area contributed by atoms with E-state index in [0.29, 0.717) is 11.3 Å². The van der Waals surface area contributed by atoms with Crippen LogP contribution in [0, 0.1) is 11.8 Å². The van der Waals surface area contributed by atoms with Gasteiger partial charge in [-0.25, -0.2) is 8.42 Å². The smallest absolute Gasteiger partial charge is 0.261 e. The van der Waals surface area contributed by atoms with Gasteiger partial charge in [0.25, 0.3) is 10.0 Å². The van der Waals surface area contributed by atoms with Gasteiger partial charge in [0.15, 0.2) is 0 Å². The highest BCUT2D eigenvalue weighted by atomic mass is 32.2. The fourth-order valence-corrected chi connectivity index (χ4v) is 3.49. The quantitative estimate of drug-likeness (QED) is 0.697. The average Bonchev–Trinajstić information content (AvgIpc) is 2.68. The van der Waals surface area contributed by atoms with Crippen molar-refractivity contribution in [1.29, 1.82) is 0 Å². The van der Waals surface area contributed by atoms with Crippen molar-refractivity contribution in [1.82, 2.24) is 0 Å². The Bertz CT molecular complexity index is 1030. The molecule has 2 N–H and O–H groups in total. The molecule has 0 spiro atoms. The van der Waals surface area contributed by atoms with E-state index in [2.05, 4.69) is 16.6 Å². The van der Waals surface area contributed by atoms with Crippen molar-refractivity contribution < 1.29 is 13.5 Å². The molecule has 5 heteroatoms. The number of aliphatic hydroxyl groups excluding tert-OH is 1. The summed E-state index contributed by atoms with van der Waals surface area (Å²) in [5.74, 6) is 5.30. The summed E-state index contributed by atoms with van der Waals surface area (Å²) >= 11 is 0. The monoisotopic (exact) mass is 363 g/mol. The van der Waals surface area contributed by atoms with Gasteiger partial charge in [0.2, 0.25) is 0 Å². The Morgan fingerprint density at radius 3 is 2.04 bits per heavy atom. The number of benzene rings is 3. The molecule has 0 bridgehead atoms. The maximum Gasteiger partial charge on any atom is 0.261 e. The molecule has 0 heterocycles. The van der Waals surface area contributed by atoms with Crippen molar-refractivity contribution in [2.24, 2.45) is 0 Å². The Balaban J connectivity index is 1.78. The maximum absolute atomic E-state index is 12.5. The molecule has 130 valence electrons. The first-order valence-electron chi connectivity index (χ1n) is 7.96. The Labute approximate surface area is 153 Å². The van der Waals surface area contributed by atoms with Gasteiger partial charge in [0.05, 0.1) is 4.90 Å². The largest absolute Gasteiger partial charge is 0.384 e. The van der Waals surface area contributed by atoms with Crippen LogP contribution in [-0.2, 0) is 10.0 Å². The first kappa shape index (κ1) is 17.7. The van der Waals surface area contributed by atoms with Crippen LogP contribution in [0.1, 0.15) is 5.56 Å². The molecule has 0 saturated carbocycles. The van der Waals surface area contributed by atoms with Crippen molar-refractivity contribution in [3.05, 3.63) is 84.4 Å². The van der Waals surface area contributed by atoms with E-state index in [1.807, 2.05) is 30.3 Å². The van der Waals surface area contributed by atoms with Crippen LogP contribution in [0.5, 0.6) is 0 Å². The van der Waals surface area contributed by atoms with Crippen molar-refractivity contribution in [2.75, 3.05) is 11.3 Å². The number of hydrogen-bond acceptors (Lipinski definition) is 3. The van der Waals surface area contributed by atoms with Gasteiger partial charge in [-0.05, 0) is 47.5 Å². The molecule has 0 aliphatic rings. The first-order chi connectivity index (χ1) is 12.6. The molecule has 26 heavy (non-hydrogen) atoms. The summed E-state index contributed by atoms with van der Waals surface area (Å²) in [5, 5.41) is 8.69. The molecule has 0 aliphatic carbocycles. The lowest BCUT2D eigenvalue weighted by molar-refractivity contribution is 0.350. The van der Waals surface area contributed by atoms with Crippen LogP contribution < -0.4 is 4.72 Å². The number of anilines is 1. The van der Waals surface area contributed by atoms with Crippen LogP contribution >= 0.6 is 0 Å². The van der Waals surface area contributed by atoms with Crippen LogP contribution in [0.15, 0.2) is 83.8 Å². The van der Waals surface area contributed by atoms with Crippen LogP contribution in [0.4, 0.5) is 5.69 Å². The molecule has 3 aromatic carbocycles. The highest BCUT2D eigenvalue weighted by Gasteiger charge is 2.14. The van der Waals surface area contributed by atoms with E-state index in [1.54, 1.807) is 48.5 Å². The van der Waals surface area contributed by atoms with Crippen LogP contribution in [0.3, 0.4) is 0 Å². The molecule has 0 aliphatic heterocycles. The predicted molar refractivity (Wildman–Crippen MR) is 103 cm³/mol. The lowest BCUT2D eigenvalue weighted by Gasteiger charge is -2.09. The molecule has 0 atom stereocenters. The highest BCUT2D eigenvalue weighted by molar-refractivity contribution is 7.92. The molecule has 0 radical (unpaired) electrons. The molecular weight excluding hydrogens is 346 g/mol. The second-order valence-electron chi connectivity index (χ2n) is 5.53. The van der Waals surface area contributed by atoms with Crippen LogP contribution in [-0.4, -0.2) is 20.1 Å². The van der Waals surface area contributed by atoms with Gasteiger partial charge in [-0.1, -0.05) is 54.3 Å². The minimum atomic E-state index is -3.67. The first-order valence-corrected chi connectivity index (χ1v) is 9.45. The zero-order valence-electron chi connectivity index (χ0n) is 13.9. The van der Waals surface area contributed by atoms with E-state index in [1.165, 1.54) is 0 Å². The van der Waals surface area contributed by atoms with Gasteiger partial charge >= 0.3 is 0 Å².